The topological polar surface area (TPSA) is 55.9 Å². The molecule has 2 aliphatic heterocycles. The summed E-state index contributed by atoms with van der Waals surface area (Å²) in [5.74, 6) is 0.381. The number of piperidine rings is 1. The standard InChI is InChI=1S/C20H36N4O2.C2H6/c1-16(2)23-14-12-22(13-15-23)9-5-19(26)24-10-7-20(8-11-24)6-4-18(20)21-17(3)25;1-2/h16,18H,4-15H2,1-3H3,(H,21,25);1-2H3. The highest BCUT2D eigenvalue weighted by molar-refractivity contribution is 5.76. The Hall–Kier alpha value is -1.14. The van der Waals surface area contributed by atoms with Crippen LogP contribution in [0, 0.1) is 5.41 Å². The molecule has 2 saturated heterocycles. The molecule has 2 amide bonds. The predicted molar refractivity (Wildman–Crippen MR) is 114 cm³/mol. The normalized spacial score (nSPS) is 25.1. The molecule has 6 heteroatoms. The van der Waals surface area contributed by atoms with Gasteiger partial charge in [0.05, 0.1) is 0 Å². The fraction of sp³-hybridized carbons (Fsp3) is 0.909. The number of hydrogen-bond acceptors (Lipinski definition) is 4. The summed E-state index contributed by atoms with van der Waals surface area (Å²) in [6.07, 6.45) is 5.01. The molecule has 0 bridgehead atoms. The summed E-state index contributed by atoms with van der Waals surface area (Å²) in [4.78, 5) is 31.0. The van der Waals surface area contributed by atoms with Gasteiger partial charge in [0.2, 0.25) is 11.8 Å². The average molecular weight is 395 g/mol. The third-order valence-corrected chi connectivity index (χ3v) is 6.94. The van der Waals surface area contributed by atoms with Crippen molar-refractivity contribution in [1.82, 2.24) is 20.0 Å². The van der Waals surface area contributed by atoms with Gasteiger partial charge in [-0.05, 0) is 44.9 Å². The summed E-state index contributed by atoms with van der Waals surface area (Å²) >= 11 is 0. The number of hydrogen-bond donors (Lipinski definition) is 1. The first-order valence-corrected chi connectivity index (χ1v) is 11.4. The summed E-state index contributed by atoms with van der Waals surface area (Å²) in [5, 5.41) is 3.11. The number of amides is 2. The number of rotatable bonds is 5. The highest BCUT2D eigenvalue weighted by Gasteiger charge is 2.48. The first kappa shape index (κ1) is 23.1. The van der Waals surface area contributed by atoms with E-state index in [1.54, 1.807) is 6.92 Å². The van der Waals surface area contributed by atoms with E-state index in [4.69, 9.17) is 0 Å². The van der Waals surface area contributed by atoms with E-state index in [-0.39, 0.29) is 11.3 Å². The van der Waals surface area contributed by atoms with Crippen LogP contribution >= 0.6 is 0 Å². The van der Waals surface area contributed by atoms with Crippen LogP contribution < -0.4 is 5.32 Å². The van der Waals surface area contributed by atoms with Crippen molar-refractivity contribution in [2.24, 2.45) is 5.41 Å². The molecule has 2 heterocycles. The van der Waals surface area contributed by atoms with Crippen molar-refractivity contribution in [1.29, 1.82) is 0 Å². The molecule has 3 fully saturated rings. The number of nitrogens with zero attached hydrogens (tertiary/aromatic N) is 3. The van der Waals surface area contributed by atoms with Gasteiger partial charge in [-0.3, -0.25) is 14.5 Å². The SMILES string of the molecule is CC.CC(=O)NC1CCC12CCN(C(=O)CCN1CCN(C(C)C)CC1)CC2. The van der Waals surface area contributed by atoms with Crippen molar-refractivity contribution in [2.45, 2.75) is 78.8 Å². The number of nitrogens with one attached hydrogen (secondary N) is 1. The summed E-state index contributed by atoms with van der Waals surface area (Å²) in [7, 11) is 0. The Kier molecular flexibility index (Phi) is 8.75. The number of carbonyl (C=O) groups excluding carboxylic acids is 2. The second-order valence-electron chi connectivity index (χ2n) is 8.76. The second-order valence-corrected chi connectivity index (χ2v) is 8.76. The van der Waals surface area contributed by atoms with E-state index in [0.717, 1.165) is 65.1 Å². The van der Waals surface area contributed by atoms with Crippen LogP contribution in [0.1, 0.15) is 66.7 Å². The van der Waals surface area contributed by atoms with Gasteiger partial charge in [0, 0.05) is 71.2 Å². The van der Waals surface area contributed by atoms with E-state index in [9.17, 15) is 9.59 Å². The molecule has 162 valence electrons. The van der Waals surface area contributed by atoms with Gasteiger partial charge in [-0.1, -0.05) is 13.8 Å². The Balaban J connectivity index is 0.00000136. The molecule has 1 saturated carbocycles. The van der Waals surface area contributed by atoms with Gasteiger partial charge in [0.1, 0.15) is 0 Å². The van der Waals surface area contributed by atoms with E-state index < -0.39 is 0 Å². The molecule has 0 radical (unpaired) electrons. The van der Waals surface area contributed by atoms with Crippen LogP contribution in [0.3, 0.4) is 0 Å². The smallest absolute Gasteiger partial charge is 0.223 e. The molecule has 0 aromatic carbocycles. The van der Waals surface area contributed by atoms with Gasteiger partial charge < -0.3 is 15.1 Å². The zero-order valence-corrected chi connectivity index (χ0v) is 18.8. The minimum Gasteiger partial charge on any atom is -0.353 e. The maximum absolute atomic E-state index is 12.6. The van der Waals surface area contributed by atoms with Crippen molar-refractivity contribution in [3.05, 3.63) is 0 Å². The average Bonchev–Trinajstić information content (AvgIpc) is 2.71. The van der Waals surface area contributed by atoms with Crippen molar-refractivity contribution in [3.63, 3.8) is 0 Å². The minimum atomic E-state index is 0.0742. The first-order chi connectivity index (χ1) is 13.4. The van der Waals surface area contributed by atoms with Crippen LogP contribution in [0.4, 0.5) is 0 Å². The van der Waals surface area contributed by atoms with Crippen LogP contribution in [0.15, 0.2) is 0 Å². The molecule has 1 aliphatic carbocycles. The van der Waals surface area contributed by atoms with Gasteiger partial charge in [-0.2, -0.15) is 0 Å². The predicted octanol–water partition coefficient (Wildman–Crippen LogP) is 2.34. The molecule has 0 aromatic heterocycles. The summed E-state index contributed by atoms with van der Waals surface area (Å²) in [5.41, 5.74) is 0.260. The third kappa shape index (κ3) is 5.69. The second kappa shape index (κ2) is 10.6. The molecule has 3 aliphatic rings. The van der Waals surface area contributed by atoms with Crippen LogP contribution in [0.25, 0.3) is 0 Å². The zero-order valence-electron chi connectivity index (χ0n) is 18.8. The monoisotopic (exact) mass is 394 g/mol. The van der Waals surface area contributed by atoms with Crippen LogP contribution in [-0.2, 0) is 9.59 Å². The van der Waals surface area contributed by atoms with Crippen molar-refractivity contribution in [2.75, 3.05) is 45.8 Å². The highest BCUT2D eigenvalue weighted by atomic mass is 16.2. The molecule has 28 heavy (non-hydrogen) atoms. The van der Waals surface area contributed by atoms with Crippen LogP contribution in [0.2, 0.25) is 0 Å². The van der Waals surface area contributed by atoms with Gasteiger partial charge in [-0.15, -0.1) is 0 Å². The summed E-state index contributed by atoms with van der Waals surface area (Å²) in [6.45, 7) is 17.1. The van der Waals surface area contributed by atoms with Crippen LogP contribution in [0.5, 0.6) is 0 Å². The third-order valence-electron chi connectivity index (χ3n) is 6.94. The lowest BCUT2D eigenvalue weighted by atomic mass is 9.59. The maximum atomic E-state index is 12.6. The number of piperazine rings is 1. The lowest BCUT2D eigenvalue weighted by Crippen LogP contribution is -2.59. The number of carbonyl (C=O) groups is 2. The molecule has 6 nitrogen and oxygen atoms in total. The Labute approximate surface area is 172 Å². The lowest BCUT2D eigenvalue weighted by molar-refractivity contribution is -0.137. The molecule has 3 rings (SSSR count). The van der Waals surface area contributed by atoms with Gasteiger partial charge in [0.25, 0.3) is 0 Å². The molecular weight excluding hydrogens is 352 g/mol. The molecule has 1 spiro atoms. The van der Waals surface area contributed by atoms with E-state index in [2.05, 4.69) is 33.9 Å². The van der Waals surface area contributed by atoms with Crippen LogP contribution in [-0.4, -0.2) is 84.4 Å². The van der Waals surface area contributed by atoms with Crippen molar-refractivity contribution < 1.29 is 9.59 Å². The van der Waals surface area contributed by atoms with Gasteiger partial charge in [0.15, 0.2) is 0 Å². The van der Waals surface area contributed by atoms with E-state index >= 15 is 0 Å². The van der Waals surface area contributed by atoms with Crippen molar-refractivity contribution >= 4 is 11.8 Å². The van der Waals surface area contributed by atoms with E-state index in [1.807, 2.05) is 13.8 Å². The molecule has 1 unspecified atom stereocenters. The quantitative estimate of drug-likeness (QED) is 0.778. The lowest BCUT2D eigenvalue weighted by Gasteiger charge is -2.54. The highest BCUT2D eigenvalue weighted by Crippen LogP contribution is 2.49. The van der Waals surface area contributed by atoms with E-state index in [0.29, 0.717) is 24.4 Å². The van der Waals surface area contributed by atoms with Crippen molar-refractivity contribution in [3.8, 4) is 0 Å². The molecule has 1 atom stereocenters. The molecule has 0 aromatic rings. The van der Waals surface area contributed by atoms with E-state index in [1.165, 1.54) is 6.42 Å². The Morgan fingerprint density at radius 1 is 1.00 bits per heavy atom. The Bertz CT molecular complexity index is 507. The fourth-order valence-electron chi connectivity index (χ4n) is 4.88. The Morgan fingerprint density at radius 2 is 1.61 bits per heavy atom. The zero-order chi connectivity index (χ0) is 20.7. The fourth-order valence-corrected chi connectivity index (χ4v) is 4.88. The molecule has 1 N–H and O–H groups in total. The minimum absolute atomic E-state index is 0.0742. The van der Waals surface area contributed by atoms with Gasteiger partial charge in [-0.25, -0.2) is 0 Å². The molecular formula is C22H42N4O2. The largest absolute Gasteiger partial charge is 0.353 e. The maximum Gasteiger partial charge on any atom is 0.223 e. The van der Waals surface area contributed by atoms with Gasteiger partial charge >= 0.3 is 0 Å². The summed E-state index contributed by atoms with van der Waals surface area (Å²) < 4.78 is 0. The first-order valence-electron chi connectivity index (χ1n) is 11.4. The Morgan fingerprint density at radius 3 is 2.07 bits per heavy atom. The number of likely N-dealkylation sites (tertiary alicyclic amines) is 1. The summed E-state index contributed by atoms with van der Waals surface area (Å²) in [6, 6.07) is 0.946.